The quantitative estimate of drug-likeness (QED) is 0.641. The molecule has 32 heavy (non-hydrogen) atoms. The number of morpholine rings is 1. The molecule has 0 radical (unpaired) electrons. The van der Waals surface area contributed by atoms with Crippen molar-refractivity contribution in [3.05, 3.63) is 71.7 Å². The van der Waals surface area contributed by atoms with Gasteiger partial charge in [-0.3, -0.25) is 9.78 Å². The van der Waals surface area contributed by atoms with Gasteiger partial charge >= 0.3 is 0 Å². The first kappa shape index (κ1) is 21.7. The number of hydrogen-bond donors (Lipinski definition) is 2. The molecule has 2 N–H and O–H groups in total. The van der Waals surface area contributed by atoms with Crippen molar-refractivity contribution in [2.24, 2.45) is 0 Å². The molecule has 164 valence electrons. The van der Waals surface area contributed by atoms with Gasteiger partial charge in [0.1, 0.15) is 11.9 Å². The Bertz CT molecular complexity index is 1180. The van der Waals surface area contributed by atoms with E-state index in [1.165, 1.54) is 12.1 Å². The maximum absolute atomic E-state index is 13.9. The van der Waals surface area contributed by atoms with E-state index in [-0.39, 0.29) is 24.1 Å². The number of aliphatic hydroxyl groups is 1. The molecule has 1 saturated heterocycles. The van der Waals surface area contributed by atoms with Crippen molar-refractivity contribution >= 4 is 22.5 Å². The van der Waals surface area contributed by atoms with E-state index in [1.54, 1.807) is 24.4 Å². The first-order valence-electron chi connectivity index (χ1n) is 10.4. The standard InChI is InChI=1S/C24H23FN4O3/c1-15-13-29(20-9-8-16(11-26)23-18(20)6-4-10-27-23)14-22(32-15)24(31)28-12-21(30)17-5-2-3-7-19(17)25/h2-10,15,21-22,30H,12-14H2,1H3,(H,28,31)/t15-,21?,22-/m1/s1. The van der Waals surface area contributed by atoms with Crippen LogP contribution in [-0.2, 0) is 9.53 Å². The van der Waals surface area contributed by atoms with Crippen molar-refractivity contribution < 1.29 is 19.0 Å². The van der Waals surface area contributed by atoms with E-state index >= 15 is 0 Å². The highest BCUT2D eigenvalue weighted by Crippen LogP contribution is 2.30. The number of aromatic nitrogens is 1. The van der Waals surface area contributed by atoms with Crippen LogP contribution in [0.25, 0.3) is 10.9 Å². The Morgan fingerprint density at radius 3 is 2.91 bits per heavy atom. The summed E-state index contributed by atoms with van der Waals surface area (Å²) in [6.45, 7) is 2.61. The van der Waals surface area contributed by atoms with Crippen LogP contribution in [0.1, 0.15) is 24.2 Å². The maximum atomic E-state index is 13.9. The fourth-order valence-corrected chi connectivity index (χ4v) is 3.98. The molecule has 1 aliphatic heterocycles. The van der Waals surface area contributed by atoms with Crippen LogP contribution < -0.4 is 10.2 Å². The minimum atomic E-state index is -1.16. The molecule has 0 bridgehead atoms. The third-order valence-electron chi connectivity index (χ3n) is 5.49. The van der Waals surface area contributed by atoms with Crippen LogP contribution in [0.15, 0.2) is 54.7 Å². The average molecular weight is 434 g/mol. The fourth-order valence-electron chi connectivity index (χ4n) is 3.98. The van der Waals surface area contributed by atoms with Crippen LogP contribution in [0.5, 0.6) is 0 Å². The van der Waals surface area contributed by atoms with E-state index in [1.807, 2.05) is 30.0 Å². The van der Waals surface area contributed by atoms with Crippen LogP contribution in [0.3, 0.4) is 0 Å². The van der Waals surface area contributed by atoms with Gasteiger partial charge in [-0.2, -0.15) is 5.26 Å². The lowest BCUT2D eigenvalue weighted by atomic mass is 10.1. The number of fused-ring (bicyclic) bond motifs is 1. The first-order chi connectivity index (χ1) is 15.5. The number of amides is 1. The normalized spacial score (nSPS) is 19.4. The number of hydrogen-bond acceptors (Lipinski definition) is 6. The summed E-state index contributed by atoms with van der Waals surface area (Å²) >= 11 is 0. The third-order valence-corrected chi connectivity index (χ3v) is 5.49. The summed E-state index contributed by atoms with van der Waals surface area (Å²) < 4.78 is 19.7. The van der Waals surface area contributed by atoms with Gasteiger partial charge in [0.05, 0.1) is 29.8 Å². The maximum Gasteiger partial charge on any atom is 0.251 e. The number of pyridine rings is 1. The summed E-state index contributed by atoms with van der Waals surface area (Å²) in [4.78, 5) is 19.2. The Morgan fingerprint density at radius 1 is 1.31 bits per heavy atom. The monoisotopic (exact) mass is 434 g/mol. The minimum absolute atomic E-state index is 0.127. The second kappa shape index (κ2) is 9.30. The number of rotatable bonds is 5. The zero-order valence-corrected chi connectivity index (χ0v) is 17.5. The molecule has 4 rings (SSSR count). The summed E-state index contributed by atoms with van der Waals surface area (Å²) in [5.41, 5.74) is 2.10. The molecule has 0 spiro atoms. The van der Waals surface area contributed by atoms with Crippen LogP contribution >= 0.6 is 0 Å². The third kappa shape index (κ3) is 4.40. The molecule has 7 nitrogen and oxygen atoms in total. The highest BCUT2D eigenvalue weighted by atomic mass is 19.1. The highest BCUT2D eigenvalue weighted by molar-refractivity contribution is 5.95. The van der Waals surface area contributed by atoms with Crippen LogP contribution in [0, 0.1) is 17.1 Å². The highest BCUT2D eigenvalue weighted by Gasteiger charge is 2.31. The molecule has 8 heteroatoms. The van der Waals surface area contributed by atoms with Gasteiger partial charge in [0.15, 0.2) is 6.10 Å². The van der Waals surface area contributed by atoms with E-state index in [4.69, 9.17) is 4.74 Å². The lowest BCUT2D eigenvalue weighted by Crippen LogP contribution is -2.53. The van der Waals surface area contributed by atoms with Crippen molar-refractivity contribution in [1.29, 1.82) is 5.26 Å². The number of halogens is 1. The smallest absolute Gasteiger partial charge is 0.251 e. The summed E-state index contributed by atoms with van der Waals surface area (Å²) in [5.74, 6) is -0.905. The Labute approximate surface area is 185 Å². The molecular formula is C24H23FN4O3. The molecule has 2 heterocycles. The van der Waals surface area contributed by atoms with Gasteiger partial charge in [-0.25, -0.2) is 4.39 Å². The molecule has 1 unspecified atom stereocenters. The SMILES string of the molecule is C[C@@H]1CN(c2ccc(C#N)c3ncccc23)C[C@H](C(=O)NCC(O)c2ccccc2F)O1. The lowest BCUT2D eigenvalue weighted by molar-refractivity contribution is -0.137. The van der Waals surface area contributed by atoms with E-state index in [0.29, 0.717) is 24.2 Å². The summed E-state index contributed by atoms with van der Waals surface area (Å²) in [5, 5.41) is 23.1. The summed E-state index contributed by atoms with van der Waals surface area (Å²) in [6, 6.07) is 15.4. The number of nitrogens with one attached hydrogen (secondary N) is 1. The molecule has 0 aliphatic carbocycles. The van der Waals surface area contributed by atoms with Crippen LogP contribution in [0.4, 0.5) is 10.1 Å². The molecule has 1 amide bonds. The second-order valence-electron chi connectivity index (χ2n) is 7.77. The largest absolute Gasteiger partial charge is 0.386 e. The van der Waals surface area contributed by atoms with E-state index < -0.39 is 18.0 Å². The molecule has 0 saturated carbocycles. The van der Waals surface area contributed by atoms with Crippen molar-refractivity contribution in [3.63, 3.8) is 0 Å². The van der Waals surface area contributed by atoms with E-state index in [9.17, 15) is 19.6 Å². The van der Waals surface area contributed by atoms with Gasteiger partial charge in [0, 0.05) is 35.9 Å². The van der Waals surface area contributed by atoms with Crippen molar-refractivity contribution in [2.75, 3.05) is 24.5 Å². The van der Waals surface area contributed by atoms with Crippen molar-refractivity contribution in [1.82, 2.24) is 10.3 Å². The fraction of sp³-hybridized carbons (Fsp3) is 0.292. The Hall–Kier alpha value is -3.54. The second-order valence-corrected chi connectivity index (χ2v) is 7.77. The minimum Gasteiger partial charge on any atom is -0.386 e. The predicted octanol–water partition coefficient (Wildman–Crippen LogP) is 2.69. The van der Waals surface area contributed by atoms with Crippen molar-refractivity contribution in [3.8, 4) is 6.07 Å². The zero-order chi connectivity index (χ0) is 22.7. The molecule has 1 aromatic heterocycles. The molecule has 2 aromatic carbocycles. The number of ether oxygens (including phenoxy) is 1. The Kier molecular flexibility index (Phi) is 6.30. The molecule has 1 fully saturated rings. The van der Waals surface area contributed by atoms with Gasteiger partial charge in [0.25, 0.3) is 5.91 Å². The number of carbonyl (C=O) groups excluding carboxylic acids is 1. The number of benzene rings is 2. The summed E-state index contributed by atoms with van der Waals surface area (Å²) in [7, 11) is 0. The Balaban J connectivity index is 1.49. The first-order valence-corrected chi connectivity index (χ1v) is 10.4. The van der Waals surface area contributed by atoms with Gasteiger partial charge in [0.2, 0.25) is 0 Å². The Morgan fingerprint density at radius 2 is 2.12 bits per heavy atom. The predicted molar refractivity (Wildman–Crippen MR) is 117 cm³/mol. The zero-order valence-electron chi connectivity index (χ0n) is 17.5. The number of carbonyl (C=O) groups is 1. The van der Waals surface area contributed by atoms with Gasteiger partial charge in [-0.15, -0.1) is 0 Å². The van der Waals surface area contributed by atoms with Gasteiger partial charge in [-0.05, 0) is 37.3 Å². The topological polar surface area (TPSA) is 98.5 Å². The molecule has 3 aromatic rings. The van der Waals surface area contributed by atoms with Gasteiger partial charge in [-0.1, -0.05) is 18.2 Å². The van der Waals surface area contributed by atoms with E-state index in [0.717, 1.165) is 11.1 Å². The molecule has 3 atom stereocenters. The summed E-state index contributed by atoms with van der Waals surface area (Å²) in [6.07, 6.45) is -0.510. The number of nitrogens with zero attached hydrogens (tertiary/aromatic N) is 3. The van der Waals surface area contributed by atoms with Crippen LogP contribution in [-0.4, -0.2) is 47.8 Å². The lowest BCUT2D eigenvalue weighted by Gasteiger charge is -2.38. The van der Waals surface area contributed by atoms with Crippen LogP contribution in [0.2, 0.25) is 0 Å². The molecular weight excluding hydrogens is 411 g/mol. The number of aliphatic hydroxyl groups excluding tert-OH is 1. The van der Waals surface area contributed by atoms with Crippen molar-refractivity contribution in [2.45, 2.75) is 25.2 Å². The van der Waals surface area contributed by atoms with Gasteiger partial charge < -0.3 is 20.1 Å². The number of nitriles is 1. The number of anilines is 1. The van der Waals surface area contributed by atoms with E-state index in [2.05, 4.69) is 16.4 Å². The molecule has 1 aliphatic rings. The average Bonchev–Trinajstić information content (AvgIpc) is 2.81.